The van der Waals surface area contributed by atoms with Gasteiger partial charge < -0.3 is 0 Å². The van der Waals surface area contributed by atoms with Gasteiger partial charge in [-0.2, -0.15) is 0 Å². The number of benzene rings is 2. The number of rotatable bonds is 4. The van der Waals surface area contributed by atoms with Crippen LogP contribution in [0.2, 0.25) is 0 Å². The van der Waals surface area contributed by atoms with Crippen molar-refractivity contribution < 1.29 is 4.79 Å². The van der Waals surface area contributed by atoms with Gasteiger partial charge in [-0.1, -0.05) is 0 Å². The molecule has 2 aromatic carbocycles. The summed E-state index contributed by atoms with van der Waals surface area (Å²) in [6.07, 6.45) is 2.08. The van der Waals surface area contributed by atoms with E-state index in [0.29, 0.717) is 5.91 Å². The third-order valence-corrected chi connectivity index (χ3v) is 13.1. The Morgan fingerprint density at radius 3 is 2.19 bits per heavy atom. The van der Waals surface area contributed by atoms with Crippen molar-refractivity contribution in [3.63, 3.8) is 0 Å². The quantitative estimate of drug-likeness (QED) is 0.278. The van der Waals surface area contributed by atoms with Crippen LogP contribution in [0.4, 0.5) is 0 Å². The molecule has 0 aliphatic carbocycles. The number of hydrogen-bond donors (Lipinski definition) is 0. The molecule has 3 fully saturated rings. The molecule has 3 aliphatic rings. The Hall–Kier alpha value is -1.40. The Morgan fingerprint density at radius 2 is 1.59 bits per heavy atom. The van der Waals surface area contributed by atoms with Crippen LogP contribution in [0.15, 0.2) is 60.7 Å². The van der Waals surface area contributed by atoms with Crippen LogP contribution < -0.4 is 0 Å². The molecule has 2 unspecified atom stereocenters. The van der Waals surface area contributed by atoms with E-state index in [1.54, 1.807) is 0 Å². The predicted octanol–water partition coefficient (Wildman–Crippen LogP) is 4.68. The van der Waals surface area contributed by atoms with Gasteiger partial charge in [-0.25, -0.2) is 0 Å². The number of halogens is 1. The van der Waals surface area contributed by atoms with Crippen molar-refractivity contribution >= 4 is 26.0 Å². The summed E-state index contributed by atoms with van der Waals surface area (Å²) in [5.74, 6) is 0.382. The zero-order chi connectivity index (χ0) is 18.4. The number of amides is 1. The van der Waals surface area contributed by atoms with E-state index in [9.17, 15) is 4.79 Å². The van der Waals surface area contributed by atoms with Gasteiger partial charge in [0.1, 0.15) is 0 Å². The van der Waals surface area contributed by atoms with Gasteiger partial charge in [0.05, 0.1) is 0 Å². The summed E-state index contributed by atoms with van der Waals surface area (Å²) in [5, 5.41) is 0. The molecule has 142 valence electrons. The van der Waals surface area contributed by atoms with E-state index in [1.165, 1.54) is 15.6 Å². The van der Waals surface area contributed by atoms with E-state index in [1.807, 2.05) is 6.07 Å². The van der Waals surface area contributed by atoms with E-state index < -0.39 is 20.1 Å². The first-order valence-electron chi connectivity index (χ1n) is 9.98. The van der Waals surface area contributed by atoms with Crippen molar-refractivity contribution in [1.82, 2.24) is 8.01 Å². The fourth-order valence-corrected chi connectivity index (χ4v) is 10.6. The van der Waals surface area contributed by atoms with Crippen molar-refractivity contribution in [3.8, 4) is 0 Å². The van der Waals surface area contributed by atoms with Crippen LogP contribution >= 0.6 is 20.1 Å². The molecule has 3 saturated heterocycles. The topological polar surface area (TPSA) is 23.6 Å². The van der Waals surface area contributed by atoms with E-state index in [-0.39, 0.29) is 11.5 Å². The summed E-state index contributed by atoms with van der Waals surface area (Å²) >= 11 is -0.797. The van der Waals surface area contributed by atoms with Crippen LogP contribution in [0.1, 0.15) is 36.9 Å². The predicted molar refractivity (Wildman–Crippen MR) is 118 cm³/mol. The van der Waals surface area contributed by atoms with Crippen molar-refractivity contribution in [1.29, 1.82) is 0 Å². The molecule has 3 aliphatic heterocycles. The molecule has 2 atom stereocenters. The molecule has 3 heterocycles. The van der Waals surface area contributed by atoms with Crippen LogP contribution in [0.25, 0.3) is 0 Å². The minimum atomic E-state index is -0.797. The SMILES string of the molecule is CC1CI1N1CCC2(CC1)C(=O)N(Cc1ccccc1)C2c1ccccc1. The summed E-state index contributed by atoms with van der Waals surface area (Å²) in [6.45, 7) is 5.42. The number of nitrogens with zero attached hydrogens (tertiary/aromatic N) is 2. The number of carbonyl (C=O) groups excluding carboxylic acids is 1. The molecule has 1 amide bonds. The summed E-state index contributed by atoms with van der Waals surface area (Å²) in [6, 6.07) is 21.4. The number of hydrogen-bond acceptors (Lipinski definition) is 2. The van der Waals surface area contributed by atoms with Crippen molar-refractivity contribution in [2.75, 3.05) is 17.5 Å². The van der Waals surface area contributed by atoms with Crippen molar-refractivity contribution in [2.45, 2.75) is 36.3 Å². The molecular formula is C23H27IN2O. The summed E-state index contributed by atoms with van der Waals surface area (Å²) in [5.41, 5.74) is 2.36. The van der Waals surface area contributed by atoms with E-state index in [0.717, 1.165) is 36.4 Å². The van der Waals surface area contributed by atoms with Gasteiger partial charge in [0.25, 0.3) is 0 Å². The Balaban J connectivity index is 1.40. The molecule has 4 heteroatoms. The Labute approximate surface area is 169 Å². The van der Waals surface area contributed by atoms with Crippen LogP contribution in [-0.2, 0) is 11.3 Å². The average molecular weight is 474 g/mol. The van der Waals surface area contributed by atoms with Crippen LogP contribution in [0.3, 0.4) is 0 Å². The number of carbonyl (C=O) groups is 1. The fourth-order valence-electron chi connectivity index (χ4n) is 4.93. The molecule has 0 bridgehead atoms. The minimum absolute atomic E-state index is 0.165. The summed E-state index contributed by atoms with van der Waals surface area (Å²) in [4.78, 5) is 15.5. The number of alkyl halides is 2. The second-order valence-electron chi connectivity index (χ2n) is 8.10. The van der Waals surface area contributed by atoms with E-state index >= 15 is 0 Å². The third kappa shape index (κ3) is 3.01. The number of piperidine rings is 1. The molecule has 27 heavy (non-hydrogen) atoms. The Kier molecular flexibility index (Phi) is 4.51. The Bertz CT molecular complexity index is 817. The third-order valence-electron chi connectivity index (χ3n) is 6.44. The molecular weight excluding hydrogens is 447 g/mol. The first kappa shape index (κ1) is 17.7. The molecule has 0 saturated carbocycles. The van der Waals surface area contributed by atoms with Gasteiger partial charge in [-0.15, -0.1) is 0 Å². The fraction of sp³-hybridized carbons (Fsp3) is 0.435. The molecule has 3 nitrogen and oxygen atoms in total. The van der Waals surface area contributed by atoms with Crippen LogP contribution in [-0.4, -0.2) is 35.4 Å². The van der Waals surface area contributed by atoms with Crippen LogP contribution in [0, 0.1) is 5.41 Å². The van der Waals surface area contributed by atoms with Gasteiger partial charge >= 0.3 is 170 Å². The normalized spacial score (nSPS) is 28.3. The summed E-state index contributed by atoms with van der Waals surface area (Å²) in [7, 11) is 0. The first-order valence-corrected chi connectivity index (χ1v) is 13.7. The van der Waals surface area contributed by atoms with Crippen molar-refractivity contribution in [3.05, 3.63) is 71.8 Å². The zero-order valence-electron chi connectivity index (χ0n) is 15.9. The van der Waals surface area contributed by atoms with Gasteiger partial charge in [-0.05, 0) is 0 Å². The maximum absolute atomic E-state index is 13.4. The average Bonchev–Trinajstić information content (AvgIpc) is 3.46. The number of β-lactam (4-membered cyclic amide) rings is 1. The monoisotopic (exact) mass is 474 g/mol. The van der Waals surface area contributed by atoms with Gasteiger partial charge in [-0.3, -0.25) is 0 Å². The molecule has 2 aromatic rings. The van der Waals surface area contributed by atoms with Crippen molar-refractivity contribution in [2.24, 2.45) is 5.41 Å². The zero-order valence-corrected chi connectivity index (χ0v) is 18.0. The molecule has 1 spiro atoms. The van der Waals surface area contributed by atoms with Gasteiger partial charge in [0.2, 0.25) is 0 Å². The second-order valence-corrected chi connectivity index (χ2v) is 14.6. The van der Waals surface area contributed by atoms with E-state index in [2.05, 4.69) is 69.5 Å². The first-order chi connectivity index (χ1) is 13.2. The molecule has 0 radical (unpaired) electrons. The van der Waals surface area contributed by atoms with Gasteiger partial charge in [0, 0.05) is 0 Å². The van der Waals surface area contributed by atoms with E-state index in [4.69, 9.17) is 0 Å². The van der Waals surface area contributed by atoms with Gasteiger partial charge in [0.15, 0.2) is 0 Å². The molecule has 0 aromatic heterocycles. The van der Waals surface area contributed by atoms with Crippen LogP contribution in [0.5, 0.6) is 0 Å². The number of likely N-dealkylation sites (tertiary alicyclic amines) is 1. The second kappa shape index (κ2) is 6.89. The standard InChI is InChI=1S/C23H27IN2O/c1-18-16-24(18)25-14-12-23(13-15-25)21(20-10-6-3-7-11-20)26(22(23)27)17-19-8-4-2-5-9-19/h2-11,18,21H,12-17H2,1H3. The Morgan fingerprint density at radius 1 is 1.00 bits per heavy atom. The molecule has 0 N–H and O–H groups in total. The molecule has 5 rings (SSSR count). The summed E-state index contributed by atoms with van der Waals surface area (Å²) < 4.78 is 5.28. The maximum atomic E-state index is 13.4.